The minimum absolute atomic E-state index is 0.125. The molecule has 0 saturated heterocycles. The number of hydrogen-bond acceptors (Lipinski definition) is 0. The SMILES string of the molecule is CCC(CC)=C(I)C(F)(F)Br. The second kappa shape index (κ2) is 4.74. The van der Waals surface area contributed by atoms with Gasteiger partial charge in [-0.25, -0.2) is 0 Å². The molecule has 0 radical (unpaired) electrons. The Bertz CT molecular complexity index is 154. The highest BCUT2D eigenvalue weighted by atomic mass is 127. The van der Waals surface area contributed by atoms with Crippen LogP contribution in [-0.2, 0) is 0 Å². The topological polar surface area (TPSA) is 0 Å². The molecule has 4 heteroatoms. The Morgan fingerprint density at radius 1 is 1.36 bits per heavy atom. The molecule has 0 bridgehead atoms. The number of hydrogen-bond donors (Lipinski definition) is 0. The highest BCUT2D eigenvalue weighted by Gasteiger charge is 2.29. The molecule has 0 aliphatic carbocycles. The molecule has 0 heterocycles. The molecule has 0 amide bonds. The summed E-state index contributed by atoms with van der Waals surface area (Å²) in [5.74, 6) is 0. The van der Waals surface area contributed by atoms with Crippen molar-refractivity contribution in [2.75, 3.05) is 0 Å². The predicted molar refractivity (Wildman–Crippen MR) is 55.5 cm³/mol. The molecule has 0 fully saturated rings. The van der Waals surface area contributed by atoms with Crippen LogP contribution in [0.4, 0.5) is 8.78 Å². The second-order valence-electron chi connectivity index (χ2n) is 2.12. The summed E-state index contributed by atoms with van der Waals surface area (Å²) in [6.45, 7) is 3.77. The van der Waals surface area contributed by atoms with Gasteiger partial charge in [0.15, 0.2) is 0 Å². The van der Waals surface area contributed by atoms with Crippen molar-refractivity contribution >= 4 is 38.5 Å². The van der Waals surface area contributed by atoms with E-state index in [4.69, 9.17) is 0 Å². The zero-order valence-electron chi connectivity index (χ0n) is 6.43. The molecule has 0 aliphatic heterocycles. The molecular formula is C7H10BrF2I. The lowest BCUT2D eigenvalue weighted by Crippen LogP contribution is -2.06. The Kier molecular flexibility index (Phi) is 5.09. The molecule has 66 valence electrons. The van der Waals surface area contributed by atoms with Crippen LogP contribution in [-0.4, -0.2) is 4.83 Å². The first-order valence-electron chi connectivity index (χ1n) is 3.38. The maximum atomic E-state index is 12.6. The number of halogens is 4. The summed E-state index contributed by atoms with van der Waals surface area (Å²) in [6.07, 6.45) is 1.38. The van der Waals surface area contributed by atoms with Crippen LogP contribution >= 0.6 is 38.5 Å². The lowest BCUT2D eigenvalue weighted by molar-refractivity contribution is 0.167. The van der Waals surface area contributed by atoms with Gasteiger partial charge >= 0.3 is 4.83 Å². The fourth-order valence-electron chi connectivity index (χ4n) is 0.761. The maximum Gasteiger partial charge on any atom is 0.332 e. The third-order valence-corrected chi connectivity index (χ3v) is 3.99. The smallest absolute Gasteiger partial charge is 0.188 e. The number of allylic oxidation sites excluding steroid dienone is 2. The minimum atomic E-state index is -2.84. The molecule has 11 heavy (non-hydrogen) atoms. The predicted octanol–water partition coefficient (Wildman–Crippen LogP) is 4.48. The highest BCUT2D eigenvalue weighted by molar-refractivity contribution is 14.1. The van der Waals surface area contributed by atoms with E-state index in [0.29, 0.717) is 12.8 Å². The Morgan fingerprint density at radius 2 is 1.73 bits per heavy atom. The van der Waals surface area contributed by atoms with Crippen LogP contribution in [0.25, 0.3) is 0 Å². The van der Waals surface area contributed by atoms with Gasteiger partial charge < -0.3 is 0 Å². The monoisotopic (exact) mass is 338 g/mol. The van der Waals surface area contributed by atoms with Gasteiger partial charge in [-0.3, -0.25) is 0 Å². The zero-order valence-corrected chi connectivity index (χ0v) is 10.2. The van der Waals surface area contributed by atoms with Crippen molar-refractivity contribution in [2.24, 2.45) is 0 Å². The van der Waals surface area contributed by atoms with E-state index in [1.807, 2.05) is 13.8 Å². The summed E-state index contributed by atoms with van der Waals surface area (Å²) in [4.78, 5) is -2.84. The van der Waals surface area contributed by atoms with Crippen LogP contribution in [0.1, 0.15) is 26.7 Å². The van der Waals surface area contributed by atoms with Crippen molar-refractivity contribution in [3.8, 4) is 0 Å². The zero-order chi connectivity index (χ0) is 9.07. The first-order chi connectivity index (χ1) is 4.93. The molecule has 0 aromatic heterocycles. The molecule has 0 unspecified atom stereocenters. The van der Waals surface area contributed by atoms with Gasteiger partial charge in [-0.05, 0) is 51.4 Å². The van der Waals surface area contributed by atoms with Gasteiger partial charge in [0.25, 0.3) is 0 Å². The molecule has 0 saturated carbocycles. The summed E-state index contributed by atoms with van der Waals surface area (Å²) in [5.41, 5.74) is 0.812. The Balaban J connectivity index is 4.62. The van der Waals surface area contributed by atoms with E-state index in [0.717, 1.165) is 5.57 Å². The summed E-state index contributed by atoms with van der Waals surface area (Å²) < 4.78 is 25.3. The third kappa shape index (κ3) is 3.83. The summed E-state index contributed by atoms with van der Waals surface area (Å²) >= 11 is 4.02. The fourth-order valence-corrected chi connectivity index (χ4v) is 1.80. The van der Waals surface area contributed by atoms with Crippen molar-refractivity contribution in [2.45, 2.75) is 31.5 Å². The lowest BCUT2D eigenvalue weighted by Gasteiger charge is -2.11. The van der Waals surface area contributed by atoms with Crippen LogP contribution in [0.5, 0.6) is 0 Å². The molecule has 0 atom stereocenters. The van der Waals surface area contributed by atoms with E-state index in [-0.39, 0.29) is 3.58 Å². The summed E-state index contributed by atoms with van der Waals surface area (Å²) in [5, 5.41) is 0. The lowest BCUT2D eigenvalue weighted by atomic mass is 10.1. The molecule has 0 spiro atoms. The first kappa shape index (κ1) is 11.8. The normalized spacial score (nSPS) is 11.5. The van der Waals surface area contributed by atoms with Gasteiger partial charge in [0.1, 0.15) is 0 Å². The van der Waals surface area contributed by atoms with Crippen molar-refractivity contribution in [1.29, 1.82) is 0 Å². The van der Waals surface area contributed by atoms with Crippen LogP contribution in [0, 0.1) is 0 Å². The molecule has 0 N–H and O–H groups in total. The van der Waals surface area contributed by atoms with Gasteiger partial charge in [-0.1, -0.05) is 19.4 Å². The molecule has 0 rings (SSSR count). The van der Waals surface area contributed by atoms with E-state index in [1.165, 1.54) is 0 Å². The van der Waals surface area contributed by atoms with E-state index in [9.17, 15) is 8.78 Å². The molecule has 0 aliphatic rings. The Labute approximate surface area is 87.7 Å². The van der Waals surface area contributed by atoms with E-state index in [1.54, 1.807) is 22.6 Å². The van der Waals surface area contributed by atoms with Crippen LogP contribution in [0.15, 0.2) is 9.15 Å². The van der Waals surface area contributed by atoms with Crippen molar-refractivity contribution in [3.63, 3.8) is 0 Å². The van der Waals surface area contributed by atoms with Gasteiger partial charge in [0, 0.05) is 0 Å². The Morgan fingerprint density at radius 3 is 1.82 bits per heavy atom. The van der Waals surface area contributed by atoms with Gasteiger partial charge in [-0.2, -0.15) is 8.78 Å². The summed E-state index contributed by atoms with van der Waals surface area (Å²) in [7, 11) is 0. The van der Waals surface area contributed by atoms with Crippen LogP contribution in [0.2, 0.25) is 0 Å². The van der Waals surface area contributed by atoms with Gasteiger partial charge in [-0.15, -0.1) is 0 Å². The fraction of sp³-hybridized carbons (Fsp3) is 0.714. The molecule has 0 aromatic rings. The largest absolute Gasteiger partial charge is 0.332 e. The number of alkyl halides is 3. The van der Waals surface area contributed by atoms with E-state index < -0.39 is 4.83 Å². The van der Waals surface area contributed by atoms with Crippen molar-refractivity contribution in [3.05, 3.63) is 9.15 Å². The maximum absolute atomic E-state index is 12.6. The van der Waals surface area contributed by atoms with Gasteiger partial charge in [0.05, 0.1) is 3.58 Å². The standard InChI is InChI=1S/C7H10BrF2I/c1-3-5(4-2)6(11)7(8,9)10/h3-4H2,1-2H3. The van der Waals surface area contributed by atoms with Crippen molar-refractivity contribution < 1.29 is 8.78 Å². The van der Waals surface area contributed by atoms with Crippen LogP contribution < -0.4 is 0 Å². The highest BCUT2D eigenvalue weighted by Crippen LogP contribution is 2.38. The average Bonchev–Trinajstić information content (AvgIpc) is 1.88. The quantitative estimate of drug-likeness (QED) is 0.525. The Hall–Kier alpha value is 0.810. The summed E-state index contributed by atoms with van der Waals surface area (Å²) in [6, 6.07) is 0. The van der Waals surface area contributed by atoms with E-state index >= 15 is 0 Å². The van der Waals surface area contributed by atoms with Gasteiger partial charge in [0.2, 0.25) is 0 Å². The molecule has 0 aromatic carbocycles. The first-order valence-corrected chi connectivity index (χ1v) is 5.25. The molecular weight excluding hydrogens is 329 g/mol. The van der Waals surface area contributed by atoms with Crippen LogP contribution in [0.3, 0.4) is 0 Å². The van der Waals surface area contributed by atoms with Crippen molar-refractivity contribution in [1.82, 2.24) is 0 Å². The van der Waals surface area contributed by atoms with E-state index in [2.05, 4.69) is 15.9 Å². The third-order valence-electron chi connectivity index (χ3n) is 1.41. The second-order valence-corrected chi connectivity index (χ2v) is 4.20. The number of rotatable bonds is 3. The molecule has 0 nitrogen and oxygen atoms in total. The minimum Gasteiger partial charge on any atom is -0.188 e. The average molecular weight is 339 g/mol.